The molecule has 3 nitrogen and oxygen atoms in total. The molecular weight excluding hydrogens is 176 g/mol. The summed E-state index contributed by atoms with van der Waals surface area (Å²) in [6, 6.07) is 8.32. The van der Waals surface area contributed by atoms with Crippen molar-refractivity contribution in [1.29, 1.82) is 0 Å². The average molecular weight is 194 g/mol. The van der Waals surface area contributed by atoms with Gasteiger partial charge in [-0.2, -0.15) is 0 Å². The first-order valence-electron chi connectivity index (χ1n) is 4.84. The van der Waals surface area contributed by atoms with Crippen molar-refractivity contribution in [2.45, 2.75) is 13.1 Å². The van der Waals surface area contributed by atoms with Crippen LogP contribution >= 0.6 is 0 Å². The molecule has 3 heteroatoms. The largest absolute Gasteiger partial charge is 0.383 e. The maximum Gasteiger partial charge on any atom is 0.0587 e. The van der Waals surface area contributed by atoms with Gasteiger partial charge in [0.1, 0.15) is 0 Å². The van der Waals surface area contributed by atoms with Crippen LogP contribution in [0.4, 0.5) is 0 Å². The first kappa shape index (κ1) is 11.2. The van der Waals surface area contributed by atoms with Crippen molar-refractivity contribution in [2.24, 2.45) is 5.73 Å². The molecule has 0 spiro atoms. The van der Waals surface area contributed by atoms with Crippen LogP contribution in [0, 0.1) is 0 Å². The predicted octanol–water partition coefficient (Wildman–Crippen LogP) is 0.881. The quantitative estimate of drug-likeness (QED) is 0.661. The Morgan fingerprint density at radius 3 is 2.43 bits per heavy atom. The smallest absolute Gasteiger partial charge is 0.0587 e. The second-order valence-corrected chi connectivity index (χ2v) is 3.19. The van der Waals surface area contributed by atoms with Gasteiger partial charge < -0.3 is 15.8 Å². The van der Waals surface area contributed by atoms with Crippen molar-refractivity contribution in [2.75, 3.05) is 20.3 Å². The van der Waals surface area contributed by atoms with Gasteiger partial charge in [-0.1, -0.05) is 24.3 Å². The van der Waals surface area contributed by atoms with E-state index in [1.54, 1.807) is 7.11 Å². The zero-order chi connectivity index (χ0) is 10.2. The van der Waals surface area contributed by atoms with Gasteiger partial charge in [-0.3, -0.25) is 0 Å². The molecule has 0 radical (unpaired) electrons. The van der Waals surface area contributed by atoms with Crippen LogP contribution in [-0.4, -0.2) is 20.3 Å². The van der Waals surface area contributed by atoms with E-state index < -0.39 is 0 Å². The van der Waals surface area contributed by atoms with E-state index in [2.05, 4.69) is 29.6 Å². The third-order valence-electron chi connectivity index (χ3n) is 2.07. The first-order chi connectivity index (χ1) is 6.86. The summed E-state index contributed by atoms with van der Waals surface area (Å²) in [7, 11) is 1.71. The van der Waals surface area contributed by atoms with Gasteiger partial charge in [0.05, 0.1) is 6.61 Å². The summed E-state index contributed by atoms with van der Waals surface area (Å²) < 4.78 is 4.94. The van der Waals surface area contributed by atoms with Crippen LogP contribution in [0.15, 0.2) is 24.3 Å². The molecule has 3 N–H and O–H groups in total. The highest BCUT2D eigenvalue weighted by molar-refractivity contribution is 5.22. The summed E-state index contributed by atoms with van der Waals surface area (Å²) in [5, 5.41) is 3.28. The summed E-state index contributed by atoms with van der Waals surface area (Å²) in [5.74, 6) is 0. The Morgan fingerprint density at radius 1 is 1.21 bits per heavy atom. The molecule has 14 heavy (non-hydrogen) atoms. The molecule has 1 aromatic rings. The molecule has 0 aromatic heterocycles. The van der Waals surface area contributed by atoms with Gasteiger partial charge in [0.2, 0.25) is 0 Å². The van der Waals surface area contributed by atoms with E-state index in [-0.39, 0.29) is 0 Å². The number of rotatable bonds is 6. The Kier molecular flexibility index (Phi) is 5.22. The predicted molar refractivity (Wildman–Crippen MR) is 57.9 cm³/mol. The van der Waals surface area contributed by atoms with E-state index in [4.69, 9.17) is 10.5 Å². The number of hydrogen-bond donors (Lipinski definition) is 2. The number of methoxy groups -OCH3 is 1. The molecule has 0 bridgehead atoms. The van der Waals surface area contributed by atoms with Crippen LogP contribution in [0.3, 0.4) is 0 Å². The molecular formula is C11H18N2O. The summed E-state index contributed by atoms with van der Waals surface area (Å²) in [5.41, 5.74) is 7.96. The maximum absolute atomic E-state index is 5.51. The molecule has 78 valence electrons. The van der Waals surface area contributed by atoms with Gasteiger partial charge in [0, 0.05) is 26.7 Å². The molecule has 0 heterocycles. The van der Waals surface area contributed by atoms with Crippen LogP contribution in [0.5, 0.6) is 0 Å². The fourth-order valence-electron chi connectivity index (χ4n) is 1.20. The Morgan fingerprint density at radius 2 is 1.86 bits per heavy atom. The van der Waals surface area contributed by atoms with Gasteiger partial charge >= 0.3 is 0 Å². The molecule has 0 saturated heterocycles. The van der Waals surface area contributed by atoms with Gasteiger partial charge in [-0.15, -0.1) is 0 Å². The summed E-state index contributed by atoms with van der Waals surface area (Å²) in [6.07, 6.45) is 0. The van der Waals surface area contributed by atoms with Crippen LogP contribution in [-0.2, 0) is 17.8 Å². The van der Waals surface area contributed by atoms with Crippen LogP contribution < -0.4 is 11.1 Å². The van der Waals surface area contributed by atoms with Crippen molar-refractivity contribution < 1.29 is 4.74 Å². The van der Waals surface area contributed by atoms with Crippen molar-refractivity contribution >= 4 is 0 Å². The standard InChI is InChI=1S/C11H18N2O/c1-14-7-6-13-9-11-4-2-10(8-12)3-5-11/h2-5,13H,6-9,12H2,1H3. The van der Waals surface area contributed by atoms with Crippen LogP contribution in [0.1, 0.15) is 11.1 Å². The zero-order valence-corrected chi connectivity index (χ0v) is 8.62. The minimum absolute atomic E-state index is 0.609. The highest BCUT2D eigenvalue weighted by atomic mass is 16.5. The summed E-state index contributed by atoms with van der Waals surface area (Å²) >= 11 is 0. The third kappa shape index (κ3) is 3.87. The minimum Gasteiger partial charge on any atom is -0.383 e. The van der Waals surface area contributed by atoms with Crippen LogP contribution in [0.2, 0.25) is 0 Å². The van der Waals surface area contributed by atoms with Crippen molar-refractivity contribution in [3.05, 3.63) is 35.4 Å². The monoisotopic (exact) mass is 194 g/mol. The van der Waals surface area contributed by atoms with E-state index in [0.29, 0.717) is 6.54 Å². The van der Waals surface area contributed by atoms with E-state index >= 15 is 0 Å². The van der Waals surface area contributed by atoms with Gasteiger partial charge in [0.25, 0.3) is 0 Å². The molecule has 0 aliphatic carbocycles. The second kappa shape index (κ2) is 6.54. The van der Waals surface area contributed by atoms with Crippen molar-refractivity contribution in [1.82, 2.24) is 5.32 Å². The third-order valence-corrected chi connectivity index (χ3v) is 2.07. The normalized spacial score (nSPS) is 10.4. The summed E-state index contributed by atoms with van der Waals surface area (Å²) in [6.45, 7) is 3.13. The molecule has 0 atom stereocenters. The van der Waals surface area contributed by atoms with Crippen molar-refractivity contribution in [3.8, 4) is 0 Å². The minimum atomic E-state index is 0.609. The van der Waals surface area contributed by atoms with E-state index in [0.717, 1.165) is 19.7 Å². The highest BCUT2D eigenvalue weighted by Gasteiger charge is 1.92. The maximum atomic E-state index is 5.51. The molecule has 0 amide bonds. The number of nitrogens with one attached hydrogen (secondary N) is 1. The summed E-state index contributed by atoms with van der Waals surface area (Å²) in [4.78, 5) is 0. The lowest BCUT2D eigenvalue weighted by atomic mass is 10.1. The number of ether oxygens (including phenoxy) is 1. The van der Waals surface area contributed by atoms with E-state index in [1.807, 2.05) is 0 Å². The lowest BCUT2D eigenvalue weighted by Crippen LogP contribution is -2.18. The SMILES string of the molecule is COCCNCc1ccc(CN)cc1. The van der Waals surface area contributed by atoms with Gasteiger partial charge in [-0.25, -0.2) is 0 Å². The molecule has 0 saturated carbocycles. The van der Waals surface area contributed by atoms with Crippen LogP contribution in [0.25, 0.3) is 0 Å². The zero-order valence-electron chi connectivity index (χ0n) is 8.62. The average Bonchev–Trinajstić information content (AvgIpc) is 2.25. The van der Waals surface area contributed by atoms with E-state index in [1.165, 1.54) is 11.1 Å². The van der Waals surface area contributed by atoms with Gasteiger partial charge in [-0.05, 0) is 11.1 Å². The first-order valence-corrected chi connectivity index (χ1v) is 4.84. The lowest BCUT2D eigenvalue weighted by Gasteiger charge is -2.04. The Hall–Kier alpha value is -0.900. The fraction of sp³-hybridized carbons (Fsp3) is 0.455. The Balaban J connectivity index is 2.29. The molecule has 0 unspecified atom stereocenters. The molecule has 0 aliphatic heterocycles. The van der Waals surface area contributed by atoms with Gasteiger partial charge in [0.15, 0.2) is 0 Å². The Bertz CT molecular complexity index is 246. The number of hydrogen-bond acceptors (Lipinski definition) is 3. The number of benzene rings is 1. The van der Waals surface area contributed by atoms with Crippen molar-refractivity contribution in [3.63, 3.8) is 0 Å². The molecule has 1 rings (SSSR count). The van der Waals surface area contributed by atoms with E-state index in [9.17, 15) is 0 Å². The Labute approximate surface area is 85.3 Å². The molecule has 0 aliphatic rings. The topological polar surface area (TPSA) is 47.3 Å². The fourth-order valence-corrected chi connectivity index (χ4v) is 1.20. The highest BCUT2D eigenvalue weighted by Crippen LogP contribution is 2.02. The molecule has 0 fully saturated rings. The number of nitrogens with two attached hydrogens (primary N) is 1. The lowest BCUT2D eigenvalue weighted by molar-refractivity contribution is 0.199. The molecule has 1 aromatic carbocycles. The second-order valence-electron chi connectivity index (χ2n) is 3.19.